The van der Waals surface area contributed by atoms with Crippen molar-refractivity contribution in [1.82, 2.24) is 29.5 Å². The van der Waals surface area contributed by atoms with Crippen molar-refractivity contribution in [1.29, 1.82) is 0 Å². The van der Waals surface area contributed by atoms with Crippen LogP contribution in [0, 0.1) is 5.92 Å². The first-order valence-corrected chi connectivity index (χ1v) is 14.5. The standard InChI is InChI=1S/C30H22Cl3N7O/c1-14-2-3-15-8-16(4-6-22(15)34-14)27-29(33)36-30(35-27)28-21-12-20(21)24-9-17(10-26(41)40(24)28)19-11-18(31)5-7-23(19)39-13-25(32)37-38-39/h4-11,13,20-21,28,34H,1-3,12H2,(H,35,36). The Morgan fingerprint density at radius 1 is 1.00 bits per heavy atom. The summed E-state index contributed by atoms with van der Waals surface area (Å²) in [4.78, 5) is 22.0. The van der Waals surface area contributed by atoms with Gasteiger partial charge in [0.1, 0.15) is 16.7 Å². The van der Waals surface area contributed by atoms with Gasteiger partial charge in [-0.25, -0.2) is 9.67 Å². The highest BCUT2D eigenvalue weighted by Crippen LogP contribution is 2.60. The molecule has 1 aliphatic carbocycles. The van der Waals surface area contributed by atoms with Gasteiger partial charge < -0.3 is 14.9 Å². The number of nitrogens with zero attached hydrogens (tertiary/aromatic N) is 5. The van der Waals surface area contributed by atoms with Crippen LogP contribution in [0.4, 0.5) is 5.69 Å². The first-order chi connectivity index (χ1) is 19.8. The number of fused-ring (bicyclic) bond motifs is 4. The van der Waals surface area contributed by atoms with Crippen molar-refractivity contribution in [2.45, 2.75) is 31.2 Å². The third-order valence-electron chi connectivity index (χ3n) is 8.33. The average molecular weight is 603 g/mol. The Morgan fingerprint density at radius 3 is 2.71 bits per heavy atom. The van der Waals surface area contributed by atoms with Crippen molar-refractivity contribution in [2.24, 2.45) is 5.92 Å². The monoisotopic (exact) mass is 601 g/mol. The molecule has 0 bridgehead atoms. The summed E-state index contributed by atoms with van der Waals surface area (Å²) in [5.41, 5.74) is 8.08. The minimum atomic E-state index is -0.210. The number of aromatic amines is 1. The number of rotatable bonds is 4. The van der Waals surface area contributed by atoms with Crippen LogP contribution < -0.4 is 10.9 Å². The van der Waals surface area contributed by atoms with Crippen molar-refractivity contribution in [3.05, 3.63) is 110 Å². The van der Waals surface area contributed by atoms with E-state index < -0.39 is 0 Å². The zero-order chi connectivity index (χ0) is 28.0. The summed E-state index contributed by atoms with van der Waals surface area (Å²) in [5, 5.41) is 12.7. The molecule has 0 spiro atoms. The van der Waals surface area contributed by atoms with E-state index >= 15 is 0 Å². The fraction of sp³-hybridized carbons (Fsp3) is 0.200. The molecule has 1 fully saturated rings. The minimum Gasteiger partial charge on any atom is -0.359 e. The number of anilines is 1. The molecule has 5 heterocycles. The largest absolute Gasteiger partial charge is 0.359 e. The molecule has 0 amide bonds. The smallest absolute Gasteiger partial charge is 0.252 e. The molecule has 2 aliphatic heterocycles. The van der Waals surface area contributed by atoms with Gasteiger partial charge in [0.15, 0.2) is 5.15 Å². The minimum absolute atomic E-state index is 0.105. The van der Waals surface area contributed by atoms with Crippen molar-refractivity contribution in [2.75, 3.05) is 5.32 Å². The number of imidazole rings is 1. The molecule has 3 aromatic heterocycles. The van der Waals surface area contributed by atoms with Gasteiger partial charge in [-0.05, 0) is 72.7 Å². The molecule has 2 aromatic carbocycles. The van der Waals surface area contributed by atoms with E-state index in [1.807, 2.05) is 28.8 Å². The maximum atomic E-state index is 13.7. The summed E-state index contributed by atoms with van der Waals surface area (Å²) in [7, 11) is 0. The van der Waals surface area contributed by atoms with Gasteiger partial charge >= 0.3 is 0 Å². The van der Waals surface area contributed by atoms with Crippen LogP contribution in [0.5, 0.6) is 0 Å². The molecule has 8 nitrogen and oxygen atoms in total. The molecule has 204 valence electrons. The van der Waals surface area contributed by atoms with Gasteiger partial charge in [-0.3, -0.25) is 4.79 Å². The molecule has 0 radical (unpaired) electrons. The Morgan fingerprint density at radius 2 is 1.88 bits per heavy atom. The number of aryl methyl sites for hydroxylation is 1. The molecule has 3 atom stereocenters. The summed E-state index contributed by atoms with van der Waals surface area (Å²) in [6.07, 6.45) is 4.41. The molecule has 11 heteroatoms. The van der Waals surface area contributed by atoms with Gasteiger partial charge in [0.2, 0.25) is 0 Å². The van der Waals surface area contributed by atoms with E-state index in [0.717, 1.165) is 58.7 Å². The van der Waals surface area contributed by atoms with E-state index in [9.17, 15) is 4.79 Å². The molecule has 3 aliphatic rings. The topological polar surface area (TPSA) is 93.4 Å². The van der Waals surface area contributed by atoms with Gasteiger partial charge in [-0.2, -0.15) is 0 Å². The van der Waals surface area contributed by atoms with Crippen molar-refractivity contribution in [3.63, 3.8) is 0 Å². The summed E-state index contributed by atoms with van der Waals surface area (Å²) >= 11 is 19.1. The maximum absolute atomic E-state index is 13.7. The zero-order valence-corrected chi connectivity index (χ0v) is 23.8. The Bertz CT molecular complexity index is 1970. The Labute approximate surface area is 249 Å². The number of H-pyrrole nitrogens is 1. The lowest BCUT2D eigenvalue weighted by molar-refractivity contribution is 0.515. The number of nitrogens with one attached hydrogen (secondary N) is 2. The van der Waals surface area contributed by atoms with E-state index in [1.54, 1.807) is 23.0 Å². The first kappa shape index (κ1) is 24.9. The second-order valence-electron chi connectivity index (χ2n) is 10.9. The van der Waals surface area contributed by atoms with Gasteiger partial charge in [-0.1, -0.05) is 52.7 Å². The van der Waals surface area contributed by atoms with Crippen LogP contribution in [-0.4, -0.2) is 29.5 Å². The highest BCUT2D eigenvalue weighted by atomic mass is 35.5. The second kappa shape index (κ2) is 9.08. The highest BCUT2D eigenvalue weighted by molar-refractivity contribution is 6.32. The second-order valence-corrected chi connectivity index (χ2v) is 12.1. The number of hydrogen-bond donors (Lipinski definition) is 2. The van der Waals surface area contributed by atoms with Crippen LogP contribution in [0.3, 0.4) is 0 Å². The lowest BCUT2D eigenvalue weighted by Crippen LogP contribution is -2.26. The summed E-state index contributed by atoms with van der Waals surface area (Å²) in [5.74, 6) is 1.25. The van der Waals surface area contributed by atoms with Crippen molar-refractivity contribution < 1.29 is 0 Å². The van der Waals surface area contributed by atoms with E-state index in [-0.39, 0.29) is 28.6 Å². The van der Waals surface area contributed by atoms with Crippen molar-refractivity contribution in [3.8, 4) is 28.1 Å². The Hall–Kier alpha value is -3.85. The van der Waals surface area contributed by atoms with E-state index in [0.29, 0.717) is 21.7 Å². The molecule has 5 aromatic rings. The summed E-state index contributed by atoms with van der Waals surface area (Å²) < 4.78 is 3.45. The summed E-state index contributed by atoms with van der Waals surface area (Å²) in [6.45, 7) is 4.04. The predicted octanol–water partition coefficient (Wildman–Crippen LogP) is 7.02. The number of hydrogen-bond acceptors (Lipinski definition) is 5. The normalized spacial score (nSPS) is 20.4. The first-order valence-electron chi connectivity index (χ1n) is 13.3. The van der Waals surface area contributed by atoms with Crippen LogP contribution in [0.1, 0.15) is 41.9 Å². The van der Waals surface area contributed by atoms with Gasteiger partial charge in [0.25, 0.3) is 5.56 Å². The van der Waals surface area contributed by atoms with Crippen LogP contribution >= 0.6 is 34.8 Å². The third kappa shape index (κ3) is 4.04. The third-order valence-corrected chi connectivity index (χ3v) is 9.01. The number of pyridine rings is 1. The average Bonchev–Trinajstić information content (AvgIpc) is 3.27. The molecular weight excluding hydrogens is 581 g/mol. The van der Waals surface area contributed by atoms with E-state index in [2.05, 4.69) is 39.3 Å². The highest BCUT2D eigenvalue weighted by Gasteiger charge is 2.54. The number of benzene rings is 2. The van der Waals surface area contributed by atoms with Gasteiger partial charge in [0, 0.05) is 45.2 Å². The lowest BCUT2D eigenvalue weighted by atomic mass is 9.98. The van der Waals surface area contributed by atoms with Crippen LogP contribution in [-0.2, 0) is 6.42 Å². The summed E-state index contributed by atoms with van der Waals surface area (Å²) in [6, 6.07) is 15.2. The number of halogens is 3. The maximum Gasteiger partial charge on any atom is 0.252 e. The van der Waals surface area contributed by atoms with E-state index in [4.69, 9.17) is 39.8 Å². The zero-order valence-electron chi connectivity index (χ0n) is 21.5. The number of allylic oxidation sites excluding steroid dienone is 1. The molecule has 2 N–H and O–H groups in total. The molecule has 8 rings (SSSR count). The molecule has 1 saturated carbocycles. The van der Waals surface area contributed by atoms with E-state index in [1.165, 1.54) is 5.56 Å². The van der Waals surface area contributed by atoms with Crippen molar-refractivity contribution >= 4 is 40.5 Å². The fourth-order valence-corrected chi connectivity index (χ4v) is 6.92. The number of aromatic nitrogens is 6. The Kier molecular flexibility index (Phi) is 5.51. The van der Waals surface area contributed by atoms with Gasteiger partial charge in [0.05, 0.1) is 17.9 Å². The van der Waals surface area contributed by atoms with Crippen LogP contribution in [0.2, 0.25) is 15.3 Å². The predicted molar refractivity (Wildman–Crippen MR) is 160 cm³/mol. The SMILES string of the molecule is C=C1CCc2cc(-c3nc(C4C5CC5c5cc(-c6cc(Cl)ccc6-n6cc(Cl)nn6)cc(=O)n54)[nH]c3Cl)ccc2N1. The lowest BCUT2D eigenvalue weighted by Gasteiger charge is -2.20. The molecular formula is C30H22Cl3N7O. The Balaban J connectivity index is 1.19. The van der Waals surface area contributed by atoms with Gasteiger partial charge in [-0.15, -0.1) is 5.10 Å². The molecule has 3 unspecified atom stereocenters. The molecule has 41 heavy (non-hydrogen) atoms. The molecule has 0 saturated heterocycles. The van der Waals surface area contributed by atoms with Crippen LogP contribution in [0.15, 0.2) is 71.8 Å². The quantitative estimate of drug-likeness (QED) is 0.231. The fourth-order valence-electron chi connectivity index (χ4n) is 6.37. The van der Waals surface area contributed by atoms with Crippen LogP contribution in [0.25, 0.3) is 28.1 Å².